The first kappa shape index (κ1) is 32.4. The molecule has 0 aliphatic carbocycles. The van der Waals surface area contributed by atoms with Gasteiger partial charge in [-0.2, -0.15) is 0 Å². The SMILES string of the molecule is CC(C)N(C[C@@H](O)[C@@H](C(=O)[C@H](CC(N)=O)NC(=O)c1ccccc1)C(N)c1ccccc1)NC(=O)OC(C)(C)C. The lowest BCUT2D eigenvalue weighted by Crippen LogP contribution is -2.56. The molecule has 0 saturated carbocycles. The van der Waals surface area contributed by atoms with Crippen molar-refractivity contribution >= 4 is 23.7 Å². The van der Waals surface area contributed by atoms with Crippen LogP contribution in [0.15, 0.2) is 60.7 Å². The molecule has 2 rings (SSSR count). The molecular weight excluding hydrogens is 514 g/mol. The summed E-state index contributed by atoms with van der Waals surface area (Å²) < 4.78 is 5.33. The molecule has 4 atom stereocenters. The van der Waals surface area contributed by atoms with Gasteiger partial charge in [0, 0.05) is 24.2 Å². The molecule has 11 nitrogen and oxygen atoms in total. The molecule has 0 aliphatic heterocycles. The summed E-state index contributed by atoms with van der Waals surface area (Å²) in [6.07, 6.45) is -2.65. The number of ether oxygens (including phenoxy) is 1. The van der Waals surface area contributed by atoms with Gasteiger partial charge in [-0.25, -0.2) is 9.80 Å². The first-order valence-corrected chi connectivity index (χ1v) is 13.1. The number of benzene rings is 2. The number of carbonyl (C=O) groups excluding carboxylic acids is 4. The Balaban J connectivity index is 2.40. The van der Waals surface area contributed by atoms with Crippen LogP contribution in [0.25, 0.3) is 0 Å². The average molecular weight is 556 g/mol. The molecule has 0 radical (unpaired) electrons. The molecule has 7 N–H and O–H groups in total. The van der Waals surface area contributed by atoms with E-state index in [1.54, 1.807) is 95.3 Å². The van der Waals surface area contributed by atoms with Crippen molar-refractivity contribution in [3.8, 4) is 0 Å². The van der Waals surface area contributed by atoms with E-state index in [4.69, 9.17) is 16.2 Å². The van der Waals surface area contributed by atoms with Crippen LogP contribution in [0.1, 0.15) is 63.0 Å². The first-order valence-electron chi connectivity index (χ1n) is 13.1. The Hall–Kier alpha value is -3.80. The highest BCUT2D eigenvalue weighted by molar-refractivity contribution is 6.00. The lowest BCUT2D eigenvalue weighted by molar-refractivity contribution is -0.132. The molecule has 0 spiro atoms. The number of hydrogen-bond acceptors (Lipinski definition) is 8. The summed E-state index contributed by atoms with van der Waals surface area (Å²) in [5.74, 6) is -3.36. The summed E-state index contributed by atoms with van der Waals surface area (Å²) in [6, 6.07) is 14.2. The zero-order valence-electron chi connectivity index (χ0n) is 23.7. The lowest BCUT2D eigenvalue weighted by Gasteiger charge is -2.35. The number of nitrogens with two attached hydrogens (primary N) is 2. The molecule has 2 aromatic carbocycles. The van der Waals surface area contributed by atoms with E-state index >= 15 is 0 Å². The summed E-state index contributed by atoms with van der Waals surface area (Å²) in [4.78, 5) is 51.2. The zero-order valence-corrected chi connectivity index (χ0v) is 23.7. The molecule has 3 amide bonds. The summed E-state index contributed by atoms with van der Waals surface area (Å²) in [7, 11) is 0. The van der Waals surface area contributed by atoms with Gasteiger partial charge in [-0.05, 0) is 52.3 Å². The fourth-order valence-corrected chi connectivity index (χ4v) is 4.09. The van der Waals surface area contributed by atoms with Crippen molar-refractivity contribution < 1.29 is 29.0 Å². The number of amides is 3. The van der Waals surface area contributed by atoms with Crippen LogP contribution >= 0.6 is 0 Å². The third-order valence-corrected chi connectivity index (χ3v) is 6.05. The number of rotatable bonds is 13. The topological polar surface area (TPSA) is 177 Å². The van der Waals surface area contributed by atoms with Gasteiger partial charge in [-0.1, -0.05) is 48.5 Å². The van der Waals surface area contributed by atoms with Crippen molar-refractivity contribution in [3.05, 3.63) is 71.8 Å². The number of ketones is 1. The number of carbonyl (C=O) groups is 4. The maximum absolute atomic E-state index is 14.0. The van der Waals surface area contributed by atoms with E-state index in [1.807, 2.05) is 0 Å². The number of nitrogens with one attached hydrogen (secondary N) is 2. The van der Waals surface area contributed by atoms with Crippen molar-refractivity contribution in [2.24, 2.45) is 17.4 Å². The Morgan fingerprint density at radius 2 is 1.52 bits per heavy atom. The molecule has 0 fully saturated rings. The van der Waals surface area contributed by atoms with Gasteiger partial charge in [0.05, 0.1) is 24.5 Å². The number of aliphatic hydroxyl groups is 1. The molecular formula is C29H41N5O6. The highest BCUT2D eigenvalue weighted by atomic mass is 16.6. The lowest BCUT2D eigenvalue weighted by atomic mass is 9.82. The van der Waals surface area contributed by atoms with Crippen LogP contribution in [0.5, 0.6) is 0 Å². The van der Waals surface area contributed by atoms with Crippen LogP contribution in [0, 0.1) is 5.92 Å². The smallest absolute Gasteiger partial charge is 0.422 e. The minimum absolute atomic E-state index is 0.205. The van der Waals surface area contributed by atoms with Crippen LogP contribution in [0.3, 0.4) is 0 Å². The van der Waals surface area contributed by atoms with Crippen LogP contribution in [-0.4, -0.2) is 64.1 Å². The van der Waals surface area contributed by atoms with Gasteiger partial charge in [-0.15, -0.1) is 0 Å². The predicted octanol–water partition coefficient (Wildman–Crippen LogP) is 2.06. The summed E-state index contributed by atoms with van der Waals surface area (Å²) >= 11 is 0. The van der Waals surface area contributed by atoms with E-state index in [-0.39, 0.29) is 18.2 Å². The number of hydrogen-bond donors (Lipinski definition) is 5. The number of nitrogens with zero attached hydrogens (tertiary/aromatic N) is 1. The van der Waals surface area contributed by atoms with E-state index in [9.17, 15) is 24.3 Å². The monoisotopic (exact) mass is 555 g/mol. The molecule has 40 heavy (non-hydrogen) atoms. The van der Waals surface area contributed by atoms with E-state index < -0.39 is 59.8 Å². The van der Waals surface area contributed by atoms with Crippen molar-refractivity contribution in [3.63, 3.8) is 0 Å². The highest BCUT2D eigenvalue weighted by Crippen LogP contribution is 2.26. The molecule has 0 heterocycles. The average Bonchev–Trinajstić information content (AvgIpc) is 2.87. The van der Waals surface area contributed by atoms with Gasteiger partial charge >= 0.3 is 6.09 Å². The molecule has 218 valence electrons. The van der Waals surface area contributed by atoms with Gasteiger partial charge in [0.15, 0.2) is 5.78 Å². The molecule has 0 saturated heterocycles. The second-order valence-electron chi connectivity index (χ2n) is 10.9. The summed E-state index contributed by atoms with van der Waals surface area (Å²) in [5, 5.41) is 15.5. The quantitative estimate of drug-likeness (QED) is 0.233. The highest BCUT2D eigenvalue weighted by Gasteiger charge is 2.40. The molecule has 0 aromatic heterocycles. The van der Waals surface area contributed by atoms with Gasteiger partial charge in [0.2, 0.25) is 5.91 Å². The fourth-order valence-electron chi connectivity index (χ4n) is 4.09. The van der Waals surface area contributed by atoms with Gasteiger partial charge < -0.3 is 26.6 Å². The largest absolute Gasteiger partial charge is 0.443 e. The Kier molecular flexibility index (Phi) is 11.8. The fraction of sp³-hybridized carbons (Fsp3) is 0.448. The molecule has 2 aromatic rings. The Morgan fingerprint density at radius 1 is 0.975 bits per heavy atom. The van der Waals surface area contributed by atoms with E-state index in [0.29, 0.717) is 5.56 Å². The Labute approximate surface area is 235 Å². The third-order valence-electron chi connectivity index (χ3n) is 6.05. The number of aliphatic hydroxyl groups excluding tert-OH is 1. The normalized spacial score (nSPS) is 14.6. The summed E-state index contributed by atoms with van der Waals surface area (Å²) in [5.41, 5.74) is 14.7. The van der Waals surface area contributed by atoms with Gasteiger partial charge in [0.25, 0.3) is 5.91 Å². The predicted molar refractivity (Wildman–Crippen MR) is 151 cm³/mol. The van der Waals surface area contributed by atoms with Crippen molar-refractivity contribution in [1.29, 1.82) is 0 Å². The van der Waals surface area contributed by atoms with Crippen molar-refractivity contribution in [1.82, 2.24) is 15.8 Å². The third kappa shape index (κ3) is 10.1. The zero-order chi connectivity index (χ0) is 30.0. The maximum atomic E-state index is 14.0. The summed E-state index contributed by atoms with van der Waals surface area (Å²) in [6.45, 7) is 8.53. The first-order chi connectivity index (χ1) is 18.7. The van der Waals surface area contributed by atoms with E-state index in [0.717, 1.165) is 0 Å². The molecule has 1 unspecified atom stereocenters. The van der Waals surface area contributed by atoms with Crippen LogP contribution < -0.4 is 22.2 Å². The maximum Gasteiger partial charge on any atom is 0.422 e. The Morgan fingerprint density at radius 3 is 2.02 bits per heavy atom. The van der Waals surface area contributed by atoms with Gasteiger partial charge in [-0.3, -0.25) is 19.8 Å². The van der Waals surface area contributed by atoms with E-state index in [1.165, 1.54) is 5.01 Å². The number of hydrazine groups is 1. The second-order valence-corrected chi connectivity index (χ2v) is 10.9. The molecule has 0 bridgehead atoms. The van der Waals surface area contributed by atoms with Crippen LogP contribution in [0.2, 0.25) is 0 Å². The number of primary amides is 1. The second kappa shape index (κ2) is 14.5. The van der Waals surface area contributed by atoms with Crippen LogP contribution in [0.4, 0.5) is 4.79 Å². The van der Waals surface area contributed by atoms with Crippen LogP contribution in [-0.2, 0) is 14.3 Å². The van der Waals surface area contributed by atoms with Crippen molar-refractivity contribution in [2.45, 2.75) is 70.9 Å². The van der Waals surface area contributed by atoms with E-state index in [2.05, 4.69) is 10.7 Å². The number of Topliss-reactive ketones (excluding diaryl/α,β-unsaturated/α-hetero) is 1. The molecule has 11 heteroatoms. The molecule has 0 aliphatic rings. The minimum Gasteiger partial charge on any atom is -0.443 e. The Bertz CT molecular complexity index is 1140. The van der Waals surface area contributed by atoms with Gasteiger partial charge in [0.1, 0.15) is 5.60 Å². The minimum atomic E-state index is -1.43. The van der Waals surface area contributed by atoms with Crippen molar-refractivity contribution in [2.75, 3.05) is 6.54 Å². The standard InChI is InChI=1S/C29H41N5O6/c1-18(2)34(33-28(39)40-29(3,4)5)17-22(35)24(25(31)19-12-8-6-9-13-19)26(37)21(16-23(30)36)32-27(38)20-14-10-7-11-15-20/h6-15,18,21-22,24-25,35H,16-17,31H2,1-5H3,(H2,30,36)(H,32,38)(H,33,39)/t21-,22+,24+,25?/m0/s1.